The Hall–Kier alpha value is 0.597. The zero-order valence-electron chi connectivity index (χ0n) is 7.61. The van der Waals surface area contributed by atoms with Crippen LogP contribution in [-0.2, 0) is 0 Å². The molecule has 54 valence electrons. The van der Waals surface area contributed by atoms with Crippen molar-refractivity contribution < 1.29 is 18.9 Å². The Morgan fingerprint density at radius 3 is 2.20 bits per heavy atom. The minimum absolute atomic E-state index is 0. The molecule has 0 spiro atoms. The minimum Gasteiger partial charge on any atom is -0.317 e. The van der Waals surface area contributed by atoms with E-state index < -0.39 is 0 Å². The Morgan fingerprint density at radius 1 is 1.30 bits per heavy atom. The first-order chi connectivity index (χ1) is 4.33. The van der Waals surface area contributed by atoms with Crippen LogP contribution >= 0.6 is 0 Å². The van der Waals surface area contributed by atoms with E-state index in [1.54, 1.807) is 5.92 Å². The summed E-state index contributed by atoms with van der Waals surface area (Å²) in [6.07, 6.45) is 7.12. The SMILES string of the molecule is CCC1CC[C-](C)CC1.[Li+]. The molecule has 0 aromatic carbocycles. The van der Waals surface area contributed by atoms with Crippen molar-refractivity contribution >= 4 is 0 Å². The third kappa shape index (κ3) is 3.13. The van der Waals surface area contributed by atoms with E-state index in [2.05, 4.69) is 13.8 Å². The fourth-order valence-corrected chi connectivity index (χ4v) is 1.58. The number of hydrogen-bond donors (Lipinski definition) is 0. The minimum atomic E-state index is 0. The Kier molecular flexibility index (Phi) is 5.59. The van der Waals surface area contributed by atoms with E-state index in [1.165, 1.54) is 32.1 Å². The maximum absolute atomic E-state index is 2.31. The molecule has 1 aliphatic rings. The maximum atomic E-state index is 2.31. The molecule has 0 nitrogen and oxygen atoms in total. The Balaban J connectivity index is 0.000000810. The first kappa shape index (κ1) is 10.6. The molecule has 1 aliphatic carbocycles. The predicted octanol–water partition coefficient (Wildman–Crippen LogP) is 0.185. The molecule has 1 heteroatoms. The summed E-state index contributed by atoms with van der Waals surface area (Å²) < 4.78 is 0. The van der Waals surface area contributed by atoms with Crippen molar-refractivity contribution in [2.75, 3.05) is 0 Å². The Labute approximate surface area is 77.0 Å². The molecule has 0 aliphatic heterocycles. The molecule has 0 aromatic rings. The fraction of sp³-hybridized carbons (Fsp3) is 0.889. The maximum Gasteiger partial charge on any atom is 1.00 e. The van der Waals surface area contributed by atoms with E-state index in [9.17, 15) is 0 Å². The smallest absolute Gasteiger partial charge is 0.317 e. The summed E-state index contributed by atoms with van der Waals surface area (Å²) in [4.78, 5) is 0. The topological polar surface area (TPSA) is 0 Å². The van der Waals surface area contributed by atoms with Gasteiger partial charge in [0, 0.05) is 0 Å². The first-order valence-corrected chi connectivity index (χ1v) is 4.14. The molecule has 0 atom stereocenters. The summed E-state index contributed by atoms with van der Waals surface area (Å²) in [5, 5.41) is 0. The molecule has 0 aromatic heterocycles. The van der Waals surface area contributed by atoms with Gasteiger partial charge in [-0.05, 0) is 5.92 Å². The van der Waals surface area contributed by atoms with E-state index in [4.69, 9.17) is 0 Å². The van der Waals surface area contributed by atoms with Gasteiger partial charge in [0.15, 0.2) is 0 Å². The molecule has 0 radical (unpaired) electrons. The van der Waals surface area contributed by atoms with Crippen molar-refractivity contribution in [1.82, 2.24) is 0 Å². The number of hydrogen-bond acceptors (Lipinski definition) is 0. The third-order valence-electron chi connectivity index (χ3n) is 2.54. The quantitative estimate of drug-likeness (QED) is 0.353. The average Bonchev–Trinajstić information content (AvgIpc) is 1.90. The monoisotopic (exact) mass is 132 g/mol. The fourth-order valence-electron chi connectivity index (χ4n) is 1.58. The van der Waals surface area contributed by atoms with Crippen LogP contribution in [0.1, 0.15) is 46.0 Å². The summed E-state index contributed by atoms with van der Waals surface area (Å²) in [5.41, 5.74) is 0. The van der Waals surface area contributed by atoms with Crippen LogP contribution in [0.25, 0.3) is 0 Å². The predicted molar refractivity (Wildman–Crippen MR) is 41.2 cm³/mol. The second kappa shape index (κ2) is 5.27. The summed E-state index contributed by atoms with van der Waals surface area (Å²) in [6.45, 7) is 4.61. The van der Waals surface area contributed by atoms with Gasteiger partial charge in [0.05, 0.1) is 0 Å². The summed E-state index contributed by atoms with van der Waals surface area (Å²) in [7, 11) is 0. The molecule has 1 fully saturated rings. The average molecular weight is 132 g/mol. The molecule has 10 heavy (non-hydrogen) atoms. The first-order valence-electron chi connectivity index (χ1n) is 4.14. The second-order valence-electron chi connectivity index (χ2n) is 3.31. The van der Waals surface area contributed by atoms with Gasteiger partial charge < -0.3 is 5.92 Å². The second-order valence-corrected chi connectivity index (χ2v) is 3.31. The zero-order valence-corrected chi connectivity index (χ0v) is 7.61. The molecule has 0 amide bonds. The van der Waals surface area contributed by atoms with Crippen LogP contribution in [0, 0.1) is 11.8 Å². The molecule has 0 bridgehead atoms. The number of rotatable bonds is 1. The Morgan fingerprint density at radius 2 is 1.80 bits per heavy atom. The standard InChI is InChI=1S/C9H17.Li/c1-3-9-6-4-8(2)5-7-9;/h9H,3-7H2,1-2H3;/q-1;+1. The van der Waals surface area contributed by atoms with Crippen molar-refractivity contribution in [3.63, 3.8) is 0 Å². The van der Waals surface area contributed by atoms with Gasteiger partial charge in [0.25, 0.3) is 0 Å². The molecule has 0 N–H and O–H groups in total. The van der Waals surface area contributed by atoms with E-state index in [1.807, 2.05) is 0 Å². The molecule has 1 rings (SSSR count). The van der Waals surface area contributed by atoms with Crippen molar-refractivity contribution in [1.29, 1.82) is 0 Å². The van der Waals surface area contributed by atoms with E-state index >= 15 is 0 Å². The molecule has 0 saturated heterocycles. The van der Waals surface area contributed by atoms with Crippen molar-refractivity contribution in [2.24, 2.45) is 5.92 Å². The van der Waals surface area contributed by atoms with Gasteiger partial charge in [0.1, 0.15) is 0 Å². The van der Waals surface area contributed by atoms with Gasteiger partial charge in [-0.3, -0.25) is 0 Å². The van der Waals surface area contributed by atoms with Crippen LogP contribution in [0.4, 0.5) is 0 Å². The molecular weight excluding hydrogens is 115 g/mol. The largest absolute Gasteiger partial charge is 1.00 e. The summed E-state index contributed by atoms with van der Waals surface area (Å²) >= 11 is 0. The Bertz CT molecular complexity index is 72.8. The van der Waals surface area contributed by atoms with E-state index in [-0.39, 0.29) is 18.9 Å². The van der Waals surface area contributed by atoms with Gasteiger partial charge in [-0.25, -0.2) is 0 Å². The normalized spacial score (nSPS) is 22.2. The van der Waals surface area contributed by atoms with Crippen molar-refractivity contribution in [3.8, 4) is 0 Å². The van der Waals surface area contributed by atoms with Gasteiger partial charge in [-0.1, -0.05) is 26.2 Å². The molecule has 0 heterocycles. The molecule has 1 saturated carbocycles. The van der Waals surface area contributed by atoms with Crippen LogP contribution in [-0.4, -0.2) is 0 Å². The molecular formula is C9H17Li. The van der Waals surface area contributed by atoms with Crippen LogP contribution in [0.15, 0.2) is 0 Å². The van der Waals surface area contributed by atoms with Crippen LogP contribution in [0.2, 0.25) is 0 Å². The summed E-state index contributed by atoms with van der Waals surface area (Å²) in [6, 6.07) is 0. The zero-order chi connectivity index (χ0) is 6.69. The van der Waals surface area contributed by atoms with Crippen LogP contribution in [0.5, 0.6) is 0 Å². The summed E-state index contributed by atoms with van der Waals surface area (Å²) in [5.74, 6) is 2.77. The van der Waals surface area contributed by atoms with Gasteiger partial charge in [-0.2, -0.15) is 19.8 Å². The van der Waals surface area contributed by atoms with Gasteiger partial charge in [-0.15, -0.1) is 0 Å². The van der Waals surface area contributed by atoms with Gasteiger partial charge in [0.2, 0.25) is 0 Å². The molecule has 0 unspecified atom stereocenters. The third-order valence-corrected chi connectivity index (χ3v) is 2.54. The van der Waals surface area contributed by atoms with E-state index in [0.717, 1.165) is 5.92 Å². The van der Waals surface area contributed by atoms with Crippen LogP contribution < -0.4 is 18.9 Å². The van der Waals surface area contributed by atoms with Gasteiger partial charge >= 0.3 is 18.9 Å². The van der Waals surface area contributed by atoms with Crippen molar-refractivity contribution in [3.05, 3.63) is 5.92 Å². The van der Waals surface area contributed by atoms with Crippen LogP contribution in [0.3, 0.4) is 0 Å². The van der Waals surface area contributed by atoms with E-state index in [0.29, 0.717) is 0 Å². The van der Waals surface area contributed by atoms with Crippen molar-refractivity contribution in [2.45, 2.75) is 46.0 Å².